The fourth-order valence-electron chi connectivity index (χ4n) is 1.94. The maximum atomic E-state index is 12.4. The van der Waals surface area contributed by atoms with Crippen LogP contribution in [0.3, 0.4) is 0 Å². The van der Waals surface area contributed by atoms with Gasteiger partial charge in [-0.3, -0.25) is 14.9 Å². The molecule has 104 valence electrons. The van der Waals surface area contributed by atoms with Gasteiger partial charge in [0.1, 0.15) is 0 Å². The van der Waals surface area contributed by atoms with Crippen LogP contribution in [0.15, 0.2) is 53.8 Å². The Labute approximate surface area is 118 Å². The van der Waals surface area contributed by atoms with Crippen LogP contribution in [0, 0.1) is 0 Å². The van der Waals surface area contributed by atoms with E-state index in [-0.39, 0.29) is 11.1 Å². The van der Waals surface area contributed by atoms with Crippen molar-refractivity contribution in [1.29, 1.82) is 0 Å². The summed E-state index contributed by atoms with van der Waals surface area (Å²) in [6.07, 6.45) is 5.75. The molecular formula is C14H10N4O3. The lowest BCUT2D eigenvalue weighted by atomic mass is 10.1. The van der Waals surface area contributed by atoms with Crippen LogP contribution in [0.5, 0.6) is 0 Å². The normalized spacial score (nSPS) is 10.5. The molecule has 7 nitrogen and oxygen atoms in total. The molecule has 0 spiro atoms. The first-order valence-corrected chi connectivity index (χ1v) is 6.07. The minimum atomic E-state index is -1.09. The van der Waals surface area contributed by atoms with Crippen LogP contribution >= 0.6 is 0 Å². The number of H-pyrrole nitrogens is 1. The summed E-state index contributed by atoms with van der Waals surface area (Å²) in [6, 6.07) is 6.61. The van der Waals surface area contributed by atoms with Crippen LogP contribution in [0.2, 0.25) is 0 Å². The number of carbonyl (C=O) groups is 1. The van der Waals surface area contributed by atoms with Crippen LogP contribution in [-0.4, -0.2) is 30.8 Å². The average molecular weight is 282 g/mol. The highest BCUT2D eigenvalue weighted by molar-refractivity contribution is 5.88. The van der Waals surface area contributed by atoms with Crippen LogP contribution in [-0.2, 0) is 0 Å². The Bertz CT molecular complexity index is 852. The maximum Gasteiger partial charge on any atom is 0.337 e. The van der Waals surface area contributed by atoms with Gasteiger partial charge in [-0.1, -0.05) is 6.07 Å². The first-order chi connectivity index (χ1) is 10.2. The van der Waals surface area contributed by atoms with Gasteiger partial charge in [-0.25, -0.2) is 14.5 Å². The standard InChI is InChI=1S/C14H10N4O3/c19-13-11(9-5-10(14(20)21)7-15-6-9)8-17-18(13)12-3-1-2-4-16-12/h1-8,17H,(H,20,21). The van der Waals surface area contributed by atoms with Crippen molar-refractivity contribution in [2.24, 2.45) is 0 Å². The SMILES string of the molecule is O=C(O)c1cncc(-c2c[nH]n(-c3ccccn3)c2=O)c1. The fraction of sp³-hybridized carbons (Fsp3) is 0. The van der Waals surface area contributed by atoms with E-state index in [0.717, 1.165) is 0 Å². The highest BCUT2D eigenvalue weighted by Crippen LogP contribution is 2.15. The molecule has 0 saturated carbocycles. The third-order valence-electron chi connectivity index (χ3n) is 2.95. The monoisotopic (exact) mass is 282 g/mol. The molecule has 0 saturated heterocycles. The van der Waals surface area contributed by atoms with Crippen LogP contribution in [0.25, 0.3) is 16.9 Å². The lowest BCUT2D eigenvalue weighted by molar-refractivity contribution is 0.0696. The predicted octanol–water partition coefficient (Wildman–Crippen LogP) is 1.32. The van der Waals surface area contributed by atoms with Gasteiger partial charge in [-0.15, -0.1) is 0 Å². The summed E-state index contributed by atoms with van der Waals surface area (Å²) >= 11 is 0. The van der Waals surface area contributed by atoms with Gasteiger partial charge in [-0.05, 0) is 18.2 Å². The number of pyridine rings is 2. The minimum absolute atomic E-state index is 0.0255. The predicted molar refractivity (Wildman–Crippen MR) is 74.4 cm³/mol. The molecule has 0 unspecified atom stereocenters. The molecule has 0 aromatic carbocycles. The lowest BCUT2D eigenvalue weighted by Crippen LogP contribution is -2.16. The molecule has 7 heteroatoms. The summed E-state index contributed by atoms with van der Waals surface area (Å²) in [5.74, 6) is -0.638. The molecule has 0 fully saturated rings. The summed E-state index contributed by atoms with van der Waals surface area (Å²) in [5, 5.41) is 11.8. The number of aromatic nitrogens is 4. The van der Waals surface area contributed by atoms with Crippen molar-refractivity contribution in [2.45, 2.75) is 0 Å². The number of nitrogens with zero attached hydrogens (tertiary/aromatic N) is 3. The Morgan fingerprint density at radius 2 is 2.14 bits per heavy atom. The number of hydrogen-bond acceptors (Lipinski definition) is 4. The van der Waals surface area contributed by atoms with Crippen molar-refractivity contribution in [3.05, 3.63) is 65.0 Å². The van der Waals surface area contributed by atoms with Gasteiger partial charge in [0.05, 0.1) is 11.1 Å². The second-order valence-electron chi connectivity index (χ2n) is 4.28. The molecule has 0 aliphatic carbocycles. The molecule has 3 heterocycles. The van der Waals surface area contributed by atoms with Crippen molar-refractivity contribution in [3.63, 3.8) is 0 Å². The number of hydrogen-bond donors (Lipinski definition) is 2. The van der Waals surface area contributed by atoms with Crippen LogP contribution in [0.4, 0.5) is 0 Å². The van der Waals surface area contributed by atoms with E-state index in [1.165, 1.54) is 29.3 Å². The largest absolute Gasteiger partial charge is 0.478 e. The van der Waals surface area contributed by atoms with Gasteiger partial charge in [0, 0.05) is 30.4 Å². The molecule has 0 radical (unpaired) electrons. The van der Waals surface area contributed by atoms with Crippen molar-refractivity contribution in [2.75, 3.05) is 0 Å². The summed E-state index contributed by atoms with van der Waals surface area (Å²) in [4.78, 5) is 31.3. The van der Waals surface area contributed by atoms with Gasteiger partial charge in [0.2, 0.25) is 0 Å². The van der Waals surface area contributed by atoms with E-state index in [0.29, 0.717) is 16.9 Å². The number of carboxylic acids is 1. The molecule has 3 rings (SSSR count). The fourth-order valence-corrected chi connectivity index (χ4v) is 1.94. The molecule has 0 aliphatic heterocycles. The topological polar surface area (TPSA) is 101 Å². The zero-order valence-electron chi connectivity index (χ0n) is 10.7. The molecule has 3 aromatic heterocycles. The zero-order chi connectivity index (χ0) is 14.8. The first-order valence-electron chi connectivity index (χ1n) is 6.07. The number of nitrogens with one attached hydrogen (secondary N) is 1. The summed E-state index contributed by atoms with van der Waals surface area (Å²) < 4.78 is 1.28. The zero-order valence-corrected chi connectivity index (χ0v) is 10.7. The Kier molecular flexibility index (Phi) is 3.07. The first kappa shape index (κ1) is 12.8. The van der Waals surface area contributed by atoms with Gasteiger partial charge in [0.15, 0.2) is 5.82 Å². The highest BCUT2D eigenvalue weighted by atomic mass is 16.4. The molecule has 3 aromatic rings. The third kappa shape index (κ3) is 2.32. The van der Waals surface area contributed by atoms with E-state index in [9.17, 15) is 9.59 Å². The summed E-state index contributed by atoms with van der Waals surface area (Å²) in [7, 11) is 0. The minimum Gasteiger partial charge on any atom is -0.478 e. The van der Waals surface area contributed by atoms with Gasteiger partial charge in [-0.2, -0.15) is 0 Å². The second-order valence-corrected chi connectivity index (χ2v) is 4.28. The molecule has 0 amide bonds. The van der Waals surface area contributed by atoms with Gasteiger partial charge in [0.25, 0.3) is 5.56 Å². The molecule has 0 bridgehead atoms. The Hall–Kier alpha value is -3.22. The van der Waals surface area contributed by atoms with E-state index in [1.54, 1.807) is 24.4 Å². The van der Waals surface area contributed by atoms with Gasteiger partial charge >= 0.3 is 5.97 Å². The molecule has 2 N–H and O–H groups in total. The third-order valence-corrected chi connectivity index (χ3v) is 2.95. The molecular weight excluding hydrogens is 272 g/mol. The molecule has 0 aliphatic rings. The number of aromatic amines is 1. The maximum absolute atomic E-state index is 12.4. The molecule has 21 heavy (non-hydrogen) atoms. The lowest BCUT2D eigenvalue weighted by Gasteiger charge is -1.99. The smallest absolute Gasteiger partial charge is 0.337 e. The molecule has 0 atom stereocenters. The van der Waals surface area contributed by atoms with Crippen molar-refractivity contribution < 1.29 is 9.90 Å². The average Bonchev–Trinajstić information content (AvgIpc) is 2.90. The highest BCUT2D eigenvalue weighted by Gasteiger charge is 2.12. The van der Waals surface area contributed by atoms with E-state index < -0.39 is 5.97 Å². The van der Waals surface area contributed by atoms with Crippen molar-refractivity contribution >= 4 is 5.97 Å². The Morgan fingerprint density at radius 1 is 1.29 bits per heavy atom. The quantitative estimate of drug-likeness (QED) is 0.754. The van der Waals surface area contributed by atoms with Crippen LogP contribution in [0.1, 0.15) is 10.4 Å². The van der Waals surface area contributed by atoms with Gasteiger partial charge < -0.3 is 5.11 Å². The Morgan fingerprint density at radius 3 is 2.86 bits per heavy atom. The van der Waals surface area contributed by atoms with E-state index in [1.807, 2.05) is 0 Å². The van der Waals surface area contributed by atoms with E-state index in [2.05, 4.69) is 15.1 Å². The summed E-state index contributed by atoms with van der Waals surface area (Å²) in [5.41, 5.74) is 0.470. The van der Waals surface area contributed by atoms with Crippen LogP contribution < -0.4 is 5.56 Å². The summed E-state index contributed by atoms with van der Waals surface area (Å²) in [6.45, 7) is 0. The second kappa shape index (κ2) is 5.04. The number of rotatable bonds is 3. The van der Waals surface area contributed by atoms with E-state index >= 15 is 0 Å². The number of carboxylic acid groups (broad SMARTS) is 1. The Balaban J connectivity index is 2.10. The van der Waals surface area contributed by atoms with Crippen molar-refractivity contribution in [1.82, 2.24) is 19.7 Å². The van der Waals surface area contributed by atoms with E-state index in [4.69, 9.17) is 5.11 Å². The number of aromatic carboxylic acids is 1. The van der Waals surface area contributed by atoms with Crippen molar-refractivity contribution in [3.8, 4) is 16.9 Å².